The van der Waals surface area contributed by atoms with Crippen molar-refractivity contribution in [3.8, 4) is 0 Å². The number of aryl methyl sites for hydroxylation is 2. The van der Waals surface area contributed by atoms with Crippen LogP contribution in [0, 0.1) is 0 Å². The molecular weight excluding hydrogens is 467 g/mol. The van der Waals surface area contributed by atoms with E-state index in [0.29, 0.717) is 12.0 Å². The average molecular weight is 491 g/mol. The molecule has 2 nitrogen and oxygen atoms in total. The largest absolute Gasteiger partial charge is 0.424 e. The maximum absolute atomic E-state index is 14.8. The summed E-state index contributed by atoms with van der Waals surface area (Å²) in [5.41, 5.74) is 2.45. The van der Waals surface area contributed by atoms with Gasteiger partial charge in [0.15, 0.2) is 0 Å². The van der Waals surface area contributed by atoms with Crippen LogP contribution in [0.5, 0.6) is 0 Å². The molecule has 1 aromatic heterocycles. The summed E-state index contributed by atoms with van der Waals surface area (Å²) in [6, 6.07) is 31.0. The second-order valence-electron chi connectivity index (χ2n) is 8.88. The van der Waals surface area contributed by atoms with Crippen LogP contribution in [0.25, 0.3) is 41.7 Å². The monoisotopic (exact) mass is 490 g/mol. The van der Waals surface area contributed by atoms with Gasteiger partial charge in [0.2, 0.25) is 0 Å². The molecule has 1 unspecified atom stereocenters. The lowest BCUT2D eigenvalue weighted by molar-refractivity contribution is -0.152. The van der Waals surface area contributed by atoms with Gasteiger partial charge in [-0.3, -0.25) is 0 Å². The predicted molar refractivity (Wildman–Crippen MR) is 148 cm³/mol. The lowest BCUT2D eigenvalue weighted by Crippen LogP contribution is -2.07. The molecule has 6 rings (SSSR count). The summed E-state index contributed by atoms with van der Waals surface area (Å²) >= 11 is 1.82. The van der Waals surface area contributed by atoms with Crippen molar-refractivity contribution < 1.29 is 13.9 Å². The zero-order valence-corrected chi connectivity index (χ0v) is 20.4. The van der Waals surface area contributed by atoms with E-state index in [1.807, 2.05) is 23.5 Å². The number of hydrogen-bond donors (Lipinski definition) is 0. The molecule has 0 aliphatic carbocycles. The second-order valence-corrected chi connectivity index (χ2v) is 9.93. The van der Waals surface area contributed by atoms with Gasteiger partial charge in [0.05, 0.1) is 0 Å². The van der Waals surface area contributed by atoms with Crippen molar-refractivity contribution in [3.05, 3.63) is 120 Å². The fraction of sp³-hybridized carbons (Fsp3) is 0.0938. The van der Waals surface area contributed by atoms with Crippen molar-refractivity contribution in [3.63, 3.8) is 0 Å². The minimum atomic E-state index is -1.82. The molecule has 176 valence electrons. The Hall–Kier alpha value is -4.02. The molecular formula is C32H23FO2S. The van der Waals surface area contributed by atoms with E-state index in [2.05, 4.69) is 73.3 Å². The molecule has 0 radical (unpaired) electrons. The number of carbonyl (C=O) groups excluding carboxylic acids is 1. The summed E-state index contributed by atoms with van der Waals surface area (Å²) in [5, 5.41) is 7.53. The van der Waals surface area contributed by atoms with Gasteiger partial charge in [-0.05, 0) is 57.6 Å². The van der Waals surface area contributed by atoms with Gasteiger partial charge in [-0.2, -0.15) is 4.39 Å². The van der Waals surface area contributed by atoms with Gasteiger partial charge in [0.1, 0.15) is 0 Å². The Morgan fingerprint density at radius 1 is 0.833 bits per heavy atom. The first-order valence-corrected chi connectivity index (χ1v) is 12.7. The highest BCUT2D eigenvalue weighted by Crippen LogP contribution is 2.44. The number of fused-ring (bicyclic) bond motifs is 7. The minimum Gasteiger partial charge on any atom is -0.424 e. The first-order valence-electron chi connectivity index (χ1n) is 11.9. The Morgan fingerprint density at radius 2 is 1.50 bits per heavy atom. The number of thiophene rings is 1. The van der Waals surface area contributed by atoms with Crippen LogP contribution in [0.15, 0.2) is 104 Å². The van der Waals surface area contributed by atoms with Crippen molar-refractivity contribution in [2.24, 2.45) is 0 Å². The molecule has 0 saturated heterocycles. The van der Waals surface area contributed by atoms with Gasteiger partial charge < -0.3 is 4.74 Å². The summed E-state index contributed by atoms with van der Waals surface area (Å²) < 4.78 is 22.2. The number of benzene rings is 5. The fourth-order valence-corrected chi connectivity index (χ4v) is 6.38. The third-order valence-corrected chi connectivity index (χ3v) is 8.01. The van der Waals surface area contributed by atoms with E-state index in [0.717, 1.165) is 18.1 Å². The Bertz CT molecular complexity index is 1780. The fourth-order valence-electron chi connectivity index (χ4n) is 5.11. The highest BCUT2D eigenvalue weighted by atomic mass is 32.1. The van der Waals surface area contributed by atoms with Crippen molar-refractivity contribution in [1.82, 2.24) is 0 Å². The Morgan fingerprint density at radius 3 is 2.31 bits per heavy atom. The Kier molecular flexibility index (Phi) is 5.74. The molecule has 0 aliphatic rings. The minimum absolute atomic E-state index is 0.382. The molecule has 5 aromatic carbocycles. The van der Waals surface area contributed by atoms with Crippen LogP contribution >= 0.6 is 11.3 Å². The van der Waals surface area contributed by atoms with Crippen molar-refractivity contribution >= 4 is 59.0 Å². The van der Waals surface area contributed by atoms with Crippen molar-refractivity contribution in [1.29, 1.82) is 0 Å². The number of rotatable bonds is 6. The molecule has 1 heterocycles. The molecule has 0 N–H and O–H groups in total. The van der Waals surface area contributed by atoms with E-state index in [-0.39, 0.29) is 0 Å². The third kappa shape index (κ3) is 3.84. The van der Waals surface area contributed by atoms with E-state index in [4.69, 9.17) is 4.74 Å². The Balaban J connectivity index is 1.48. The van der Waals surface area contributed by atoms with Gasteiger partial charge in [-0.15, -0.1) is 11.3 Å². The normalized spacial score (nSPS) is 12.4. The van der Waals surface area contributed by atoms with Crippen LogP contribution in [0.2, 0.25) is 0 Å². The van der Waals surface area contributed by atoms with Crippen molar-refractivity contribution in [2.75, 3.05) is 0 Å². The molecule has 36 heavy (non-hydrogen) atoms. The number of halogens is 1. The first-order chi connectivity index (χ1) is 17.6. The summed E-state index contributed by atoms with van der Waals surface area (Å²) in [6.07, 6.45) is 0.529. The van der Waals surface area contributed by atoms with Crippen molar-refractivity contribution in [2.45, 2.75) is 19.2 Å². The van der Waals surface area contributed by atoms with E-state index < -0.39 is 12.3 Å². The van der Waals surface area contributed by atoms with Crippen LogP contribution in [0.4, 0.5) is 4.39 Å². The zero-order chi connectivity index (χ0) is 24.6. The summed E-state index contributed by atoms with van der Waals surface area (Å²) in [7, 11) is 0. The number of hydrogen-bond acceptors (Lipinski definition) is 3. The molecule has 0 bridgehead atoms. The molecule has 0 spiro atoms. The predicted octanol–water partition coefficient (Wildman–Crippen LogP) is 8.84. The lowest BCUT2D eigenvalue weighted by Gasteiger charge is -2.14. The van der Waals surface area contributed by atoms with Crippen LogP contribution in [0.3, 0.4) is 0 Å². The molecule has 1 atom stereocenters. The highest BCUT2D eigenvalue weighted by molar-refractivity contribution is 7.26. The second kappa shape index (κ2) is 9.21. The van der Waals surface area contributed by atoms with Gasteiger partial charge in [-0.25, -0.2) is 4.79 Å². The van der Waals surface area contributed by atoms with E-state index >= 15 is 0 Å². The van der Waals surface area contributed by atoms with Crippen LogP contribution in [-0.4, -0.2) is 5.97 Å². The first kappa shape index (κ1) is 22.4. The summed E-state index contributed by atoms with van der Waals surface area (Å²) in [4.78, 5) is 11.6. The molecule has 0 fully saturated rings. The zero-order valence-electron chi connectivity index (χ0n) is 19.5. The quantitative estimate of drug-likeness (QED) is 0.172. The van der Waals surface area contributed by atoms with E-state index in [1.54, 1.807) is 12.1 Å². The summed E-state index contributed by atoms with van der Waals surface area (Å²) in [5.74, 6) is -0.772. The Labute approximate surface area is 212 Å². The topological polar surface area (TPSA) is 26.3 Å². The highest BCUT2D eigenvalue weighted by Gasteiger charge is 2.19. The number of alkyl halides is 1. The molecule has 6 aromatic rings. The smallest absolute Gasteiger partial charge is 0.332 e. The molecule has 4 heteroatoms. The number of ether oxygens (including phenoxy) is 1. The lowest BCUT2D eigenvalue weighted by atomic mass is 9.94. The van der Waals surface area contributed by atoms with Crippen LogP contribution in [-0.2, 0) is 22.4 Å². The van der Waals surface area contributed by atoms with E-state index in [9.17, 15) is 9.18 Å². The SMILES string of the molecule is C=CC(=O)OC(F)c1ccccc1CCc1cc2ccccc2c2c1sc1ccc3ccccc3c12. The van der Waals surface area contributed by atoms with Gasteiger partial charge >= 0.3 is 5.97 Å². The number of carbonyl (C=O) groups is 1. The van der Waals surface area contributed by atoms with Gasteiger partial charge in [-0.1, -0.05) is 85.4 Å². The maximum Gasteiger partial charge on any atom is 0.332 e. The molecule has 0 aliphatic heterocycles. The molecule has 0 saturated carbocycles. The van der Waals surface area contributed by atoms with Crippen LogP contribution < -0.4 is 0 Å². The maximum atomic E-state index is 14.8. The number of esters is 1. The third-order valence-electron chi connectivity index (χ3n) is 6.78. The standard InChI is InChI=1S/C32H23FO2S/c1-2-28(34)35-32(33)26-14-8-4-10-21(26)15-16-23-19-22-11-5-7-13-25(22)30-29-24-12-6-3-9-20(24)17-18-27(29)36-31(23)30/h2-14,17-19,32H,1,15-16H2. The van der Waals surface area contributed by atoms with Gasteiger partial charge in [0, 0.05) is 31.8 Å². The van der Waals surface area contributed by atoms with E-state index in [1.165, 1.54) is 47.3 Å². The summed E-state index contributed by atoms with van der Waals surface area (Å²) in [6.45, 7) is 3.36. The molecule has 0 amide bonds. The average Bonchev–Trinajstić information content (AvgIpc) is 3.32. The van der Waals surface area contributed by atoms with Gasteiger partial charge in [0.25, 0.3) is 6.36 Å². The van der Waals surface area contributed by atoms with Crippen LogP contribution in [0.1, 0.15) is 23.0 Å².